The molecule has 96 valence electrons. The van der Waals surface area contributed by atoms with Crippen LogP contribution in [0.5, 0.6) is 0 Å². The van der Waals surface area contributed by atoms with Gasteiger partial charge in [-0.05, 0) is 23.3 Å². The number of rotatable bonds is 3. The molecule has 0 aliphatic heterocycles. The highest BCUT2D eigenvalue weighted by atomic mass is 32.1. The maximum absolute atomic E-state index is 5.80. The van der Waals surface area contributed by atoms with E-state index in [0.717, 1.165) is 16.4 Å². The number of nitrogens with zero attached hydrogens (tertiary/aromatic N) is 2. The predicted molar refractivity (Wildman–Crippen MR) is 79.3 cm³/mol. The Hall–Kier alpha value is -1.78. The fraction of sp³-hybridized carbons (Fsp3) is 0.200. The van der Waals surface area contributed by atoms with Crippen molar-refractivity contribution in [3.8, 4) is 0 Å². The van der Waals surface area contributed by atoms with Crippen LogP contribution in [0.25, 0.3) is 10.8 Å². The summed E-state index contributed by atoms with van der Waals surface area (Å²) in [5, 5.41) is 12.8. The Balaban J connectivity index is 1.87. The van der Waals surface area contributed by atoms with Crippen LogP contribution in [0, 0.1) is 0 Å². The second kappa shape index (κ2) is 5.07. The normalized spacial score (nSPS) is 12.7. The standard InChI is InChI=1S/C15H15N3S/c1-10(16)15-18-17-14(19-15)9-11-6-7-12-4-2-3-5-13(12)8-11/h2-8,10H,9,16H2,1H3. The summed E-state index contributed by atoms with van der Waals surface area (Å²) in [5.41, 5.74) is 7.06. The van der Waals surface area contributed by atoms with Crippen LogP contribution in [0.2, 0.25) is 0 Å². The van der Waals surface area contributed by atoms with Crippen molar-refractivity contribution in [1.82, 2.24) is 10.2 Å². The number of aromatic nitrogens is 2. The van der Waals surface area contributed by atoms with E-state index in [1.54, 1.807) is 11.3 Å². The van der Waals surface area contributed by atoms with Gasteiger partial charge in [0, 0.05) is 6.42 Å². The van der Waals surface area contributed by atoms with E-state index in [2.05, 4.69) is 52.7 Å². The van der Waals surface area contributed by atoms with Crippen LogP contribution >= 0.6 is 11.3 Å². The molecule has 1 unspecified atom stereocenters. The average molecular weight is 269 g/mol. The van der Waals surface area contributed by atoms with Gasteiger partial charge < -0.3 is 5.73 Å². The van der Waals surface area contributed by atoms with Gasteiger partial charge in [0.2, 0.25) is 0 Å². The van der Waals surface area contributed by atoms with E-state index in [-0.39, 0.29) is 6.04 Å². The summed E-state index contributed by atoms with van der Waals surface area (Å²) in [6.45, 7) is 1.93. The highest BCUT2D eigenvalue weighted by Gasteiger charge is 2.08. The van der Waals surface area contributed by atoms with E-state index in [0.29, 0.717) is 0 Å². The van der Waals surface area contributed by atoms with Gasteiger partial charge in [0.15, 0.2) is 0 Å². The van der Waals surface area contributed by atoms with Gasteiger partial charge in [-0.2, -0.15) is 0 Å². The van der Waals surface area contributed by atoms with E-state index in [4.69, 9.17) is 5.73 Å². The summed E-state index contributed by atoms with van der Waals surface area (Å²) >= 11 is 1.59. The van der Waals surface area contributed by atoms with Gasteiger partial charge in [0.25, 0.3) is 0 Å². The van der Waals surface area contributed by atoms with Crippen LogP contribution < -0.4 is 5.73 Å². The second-order valence-corrected chi connectivity index (χ2v) is 5.77. The molecule has 2 N–H and O–H groups in total. The van der Waals surface area contributed by atoms with Crippen molar-refractivity contribution in [2.24, 2.45) is 5.73 Å². The Labute approximate surface area is 116 Å². The largest absolute Gasteiger partial charge is 0.322 e. The molecule has 0 fully saturated rings. The van der Waals surface area contributed by atoms with Crippen LogP contribution in [0.4, 0.5) is 0 Å². The van der Waals surface area contributed by atoms with E-state index < -0.39 is 0 Å². The monoisotopic (exact) mass is 269 g/mol. The van der Waals surface area contributed by atoms with E-state index in [1.807, 2.05) is 6.92 Å². The molecule has 0 aliphatic rings. The molecule has 0 radical (unpaired) electrons. The lowest BCUT2D eigenvalue weighted by Crippen LogP contribution is -2.03. The van der Waals surface area contributed by atoms with Crippen LogP contribution in [-0.2, 0) is 6.42 Å². The van der Waals surface area contributed by atoms with Gasteiger partial charge in [0.05, 0.1) is 6.04 Å². The maximum atomic E-state index is 5.80. The van der Waals surface area contributed by atoms with Gasteiger partial charge in [-0.1, -0.05) is 53.8 Å². The smallest absolute Gasteiger partial charge is 0.133 e. The van der Waals surface area contributed by atoms with Gasteiger partial charge in [-0.15, -0.1) is 10.2 Å². The first-order chi connectivity index (χ1) is 9.22. The number of nitrogens with two attached hydrogens (primary N) is 1. The quantitative estimate of drug-likeness (QED) is 0.793. The molecule has 1 aromatic heterocycles. The molecule has 4 heteroatoms. The minimum atomic E-state index is -0.0390. The Morgan fingerprint density at radius 2 is 1.89 bits per heavy atom. The lowest BCUT2D eigenvalue weighted by atomic mass is 10.1. The summed E-state index contributed by atoms with van der Waals surface area (Å²) in [6.07, 6.45) is 0.815. The molecule has 0 saturated heterocycles. The highest BCUT2D eigenvalue weighted by molar-refractivity contribution is 7.11. The molecule has 0 bridgehead atoms. The Kier molecular flexibility index (Phi) is 3.27. The molecule has 0 saturated carbocycles. The molecular formula is C15H15N3S. The Bertz CT molecular complexity index is 703. The topological polar surface area (TPSA) is 51.8 Å². The predicted octanol–water partition coefficient (Wildman–Crippen LogP) is 3.30. The SMILES string of the molecule is CC(N)c1nnc(Cc2ccc3ccccc3c2)s1. The molecule has 0 spiro atoms. The fourth-order valence-corrected chi connectivity index (χ4v) is 2.87. The third-order valence-electron chi connectivity index (χ3n) is 3.04. The molecule has 19 heavy (non-hydrogen) atoms. The molecule has 1 heterocycles. The summed E-state index contributed by atoms with van der Waals surface area (Å²) in [4.78, 5) is 0. The van der Waals surface area contributed by atoms with Crippen LogP contribution in [0.3, 0.4) is 0 Å². The molecular weight excluding hydrogens is 254 g/mol. The summed E-state index contributed by atoms with van der Waals surface area (Å²) < 4.78 is 0. The molecule has 2 aromatic carbocycles. The zero-order valence-corrected chi connectivity index (χ0v) is 11.5. The van der Waals surface area contributed by atoms with E-state index in [9.17, 15) is 0 Å². The summed E-state index contributed by atoms with van der Waals surface area (Å²) in [7, 11) is 0. The number of hydrogen-bond acceptors (Lipinski definition) is 4. The third kappa shape index (κ3) is 2.64. The third-order valence-corrected chi connectivity index (χ3v) is 4.17. The second-order valence-electron chi connectivity index (χ2n) is 4.68. The van der Waals surface area contributed by atoms with Gasteiger partial charge in [-0.3, -0.25) is 0 Å². The first-order valence-electron chi connectivity index (χ1n) is 6.28. The van der Waals surface area contributed by atoms with Crippen molar-refractivity contribution in [3.63, 3.8) is 0 Å². The minimum Gasteiger partial charge on any atom is -0.322 e. The minimum absolute atomic E-state index is 0.0390. The Morgan fingerprint density at radius 1 is 1.11 bits per heavy atom. The molecule has 3 nitrogen and oxygen atoms in total. The van der Waals surface area contributed by atoms with Crippen molar-refractivity contribution >= 4 is 22.1 Å². The lowest BCUT2D eigenvalue weighted by molar-refractivity contribution is 0.783. The van der Waals surface area contributed by atoms with E-state index >= 15 is 0 Å². The fourth-order valence-electron chi connectivity index (χ4n) is 2.05. The zero-order chi connectivity index (χ0) is 13.2. The Morgan fingerprint density at radius 3 is 2.63 bits per heavy atom. The first-order valence-corrected chi connectivity index (χ1v) is 7.09. The first kappa shape index (κ1) is 12.3. The maximum Gasteiger partial charge on any atom is 0.133 e. The van der Waals surface area contributed by atoms with Gasteiger partial charge >= 0.3 is 0 Å². The van der Waals surface area contributed by atoms with Gasteiger partial charge in [0.1, 0.15) is 10.0 Å². The lowest BCUT2D eigenvalue weighted by Gasteiger charge is -2.01. The van der Waals surface area contributed by atoms with Crippen molar-refractivity contribution < 1.29 is 0 Å². The number of hydrogen-bond donors (Lipinski definition) is 1. The average Bonchev–Trinajstić information content (AvgIpc) is 2.87. The van der Waals surface area contributed by atoms with Crippen LogP contribution in [0.15, 0.2) is 42.5 Å². The number of fused-ring (bicyclic) bond motifs is 1. The van der Waals surface area contributed by atoms with Crippen molar-refractivity contribution in [3.05, 3.63) is 58.0 Å². The van der Waals surface area contributed by atoms with Crippen molar-refractivity contribution in [2.75, 3.05) is 0 Å². The summed E-state index contributed by atoms with van der Waals surface area (Å²) in [5.74, 6) is 0. The summed E-state index contributed by atoms with van der Waals surface area (Å²) in [6, 6.07) is 14.8. The highest BCUT2D eigenvalue weighted by Crippen LogP contribution is 2.21. The van der Waals surface area contributed by atoms with Crippen LogP contribution in [0.1, 0.15) is 28.5 Å². The van der Waals surface area contributed by atoms with Crippen LogP contribution in [-0.4, -0.2) is 10.2 Å². The molecule has 1 atom stereocenters. The molecule has 3 rings (SSSR count). The van der Waals surface area contributed by atoms with Crippen molar-refractivity contribution in [2.45, 2.75) is 19.4 Å². The zero-order valence-electron chi connectivity index (χ0n) is 10.7. The number of benzene rings is 2. The molecule has 3 aromatic rings. The van der Waals surface area contributed by atoms with Crippen molar-refractivity contribution in [1.29, 1.82) is 0 Å². The van der Waals surface area contributed by atoms with Gasteiger partial charge in [-0.25, -0.2) is 0 Å². The molecule has 0 aliphatic carbocycles. The molecule has 0 amide bonds. The van der Waals surface area contributed by atoms with E-state index in [1.165, 1.54) is 16.3 Å².